The van der Waals surface area contributed by atoms with Gasteiger partial charge in [0.15, 0.2) is 0 Å². The van der Waals surface area contributed by atoms with E-state index in [4.69, 9.17) is 0 Å². The molecule has 2 N–H and O–H groups in total. The molecule has 0 aliphatic carbocycles. The van der Waals surface area contributed by atoms with Crippen molar-refractivity contribution < 1.29 is 4.79 Å². The predicted octanol–water partition coefficient (Wildman–Crippen LogP) is 1.17. The third-order valence-corrected chi connectivity index (χ3v) is 4.59. The minimum atomic E-state index is 0.0159. The van der Waals surface area contributed by atoms with E-state index in [0.717, 1.165) is 39.3 Å². The van der Waals surface area contributed by atoms with Crippen molar-refractivity contribution in [2.45, 2.75) is 19.9 Å². The number of anilines is 1. The predicted molar refractivity (Wildman–Crippen MR) is 95.8 cm³/mol. The van der Waals surface area contributed by atoms with Crippen molar-refractivity contribution in [2.24, 2.45) is 5.92 Å². The van der Waals surface area contributed by atoms with Crippen molar-refractivity contribution in [3.63, 3.8) is 0 Å². The van der Waals surface area contributed by atoms with E-state index in [1.165, 1.54) is 5.69 Å². The fourth-order valence-corrected chi connectivity index (χ4v) is 3.01. The molecule has 1 aliphatic heterocycles. The molecule has 1 heterocycles. The summed E-state index contributed by atoms with van der Waals surface area (Å²) in [6.07, 6.45) is 0. The second-order valence-electron chi connectivity index (χ2n) is 6.41. The van der Waals surface area contributed by atoms with E-state index < -0.39 is 0 Å². The van der Waals surface area contributed by atoms with Crippen LogP contribution in [0.1, 0.15) is 13.8 Å². The Morgan fingerprint density at radius 2 is 1.74 bits per heavy atom. The summed E-state index contributed by atoms with van der Waals surface area (Å²) in [6.45, 7) is 9.75. The molecule has 1 aliphatic rings. The monoisotopic (exact) mass is 318 g/mol. The van der Waals surface area contributed by atoms with Crippen LogP contribution in [0, 0.1) is 5.92 Å². The van der Waals surface area contributed by atoms with E-state index in [0.29, 0.717) is 6.04 Å². The highest BCUT2D eigenvalue weighted by Gasteiger charge is 2.22. The van der Waals surface area contributed by atoms with Gasteiger partial charge in [-0.3, -0.25) is 9.69 Å². The number of hydrogen-bond donors (Lipinski definition) is 2. The lowest BCUT2D eigenvalue weighted by Crippen LogP contribution is -2.52. The number of rotatable bonds is 7. The van der Waals surface area contributed by atoms with Crippen LogP contribution >= 0.6 is 0 Å². The maximum Gasteiger partial charge on any atom is 0.224 e. The molecule has 2 rings (SSSR count). The van der Waals surface area contributed by atoms with Crippen molar-refractivity contribution in [3.8, 4) is 0 Å². The van der Waals surface area contributed by atoms with Crippen molar-refractivity contribution in [2.75, 3.05) is 51.2 Å². The highest BCUT2D eigenvalue weighted by atomic mass is 16.1. The van der Waals surface area contributed by atoms with Crippen LogP contribution in [0.2, 0.25) is 0 Å². The average Bonchev–Trinajstić information content (AvgIpc) is 2.60. The summed E-state index contributed by atoms with van der Waals surface area (Å²) in [5.41, 5.74) is 1.30. The largest absolute Gasteiger partial charge is 0.369 e. The molecule has 5 heteroatoms. The molecule has 1 saturated heterocycles. The Balaban J connectivity index is 1.73. The Labute approximate surface area is 140 Å². The first-order valence-electron chi connectivity index (χ1n) is 8.58. The van der Waals surface area contributed by atoms with E-state index in [-0.39, 0.29) is 11.8 Å². The smallest absolute Gasteiger partial charge is 0.224 e. The van der Waals surface area contributed by atoms with Gasteiger partial charge in [0, 0.05) is 56.9 Å². The van der Waals surface area contributed by atoms with Crippen LogP contribution in [0.3, 0.4) is 0 Å². The molecule has 1 fully saturated rings. The van der Waals surface area contributed by atoms with Gasteiger partial charge < -0.3 is 15.5 Å². The fraction of sp³-hybridized carbons (Fsp3) is 0.611. The Bertz CT molecular complexity index is 471. The number of benzene rings is 1. The molecule has 0 bridgehead atoms. The lowest BCUT2D eigenvalue weighted by molar-refractivity contribution is -0.124. The number of para-hydroxylation sites is 1. The number of nitrogens with one attached hydrogen (secondary N) is 2. The highest BCUT2D eigenvalue weighted by molar-refractivity contribution is 5.78. The summed E-state index contributed by atoms with van der Waals surface area (Å²) in [5.74, 6) is 0.149. The highest BCUT2D eigenvalue weighted by Crippen LogP contribution is 2.16. The Kier molecular flexibility index (Phi) is 6.86. The minimum absolute atomic E-state index is 0.0159. The molecule has 1 aromatic carbocycles. The first kappa shape index (κ1) is 17.8. The fourth-order valence-electron chi connectivity index (χ4n) is 3.01. The molecule has 0 saturated carbocycles. The molecule has 1 aromatic rings. The molecule has 23 heavy (non-hydrogen) atoms. The van der Waals surface area contributed by atoms with E-state index in [2.05, 4.69) is 57.7 Å². The summed E-state index contributed by atoms with van der Waals surface area (Å²) < 4.78 is 0. The normalized spacial score (nSPS) is 18.5. The lowest BCUT2D eigenvalue weighted by Gasteiger charge is -2.39. The summed E-state index contributed by atoms with van der Waals surface area (Å²) in [5, 5.41) is 6.12. The van der Waals surface area contributed by atoms with Gasteiger partial charge in [0.05, 0.1) is 0 Å². The molecule has 5 nitrogen and oxygen atoms in total. The number of carbonyl (C=O) groups excluding carboxylic acids is 1. The third kappa shape index (κ3) is 5.22. The molecular formula is C18H30N4O. The number of amides is 1. The second kappa shape index (κ2) is 8.89. The first-order valence-corrected chi connectivity index (χ1v) is 8.58. The van der Waals surface area contributed by atoms with E-state index in [1.807, 2.05) is 14.0 Å². The number of hydrogen-bond acceptors (Lipinski definition) is 4. The zero-order valence-corrected chi connectivity index (χ0v) is 14.6. The van der Waals surface area contributed by atoms with Crippen molar-refractivity contribution >= 4 is 11.6 Å². The van der Waals surface area contributed by atoms with Gasteiger partial charge in [0.25, 0.3) is 0 Å². The summed E-state index contributed by atoms with van der Waals surface area (Å²) >= 11 is 0. The quantitative estimate of drug-likeness (QED) is 0.792. The Morgan fingerprint density at radius 1 is 1.09 bits per heavy atom. The lowest BCUT2D eigenvalue weighted by atomic mass is 10.1. The standard InChI is InChI=1S/C18H30N4O/c1-15(13-19-3)18(23)20-14-16(2)21-9-11-22(12-10-21)17-7-5-4-6-8-17/h4-8,15-16,19H,9-14H2,1-3H3,(H,20,23). The van der Waals surface area contributed by atoms with Crippen LogP contribution in [-0.2, 0) is 4.79 Å². The Hall–Kier alpha value is -1.59. The second-order valence-corrected chi connectivity index (χ2v) is 6.41. The average molecular weight is 318 g/mol. The maximum atomic E-state index is 12.0. The molecule has 2 atom stereocenters. The molecule has 1 amide bonds. The van der Waals surface area contributed by atoms with Crippen LogP contribution in [0.15, 0.2) is 30.3 Å². The minimum Gasteiger partial charge on any atom is -0.369 e. The maximum absolute atomic E-state index is 12.0. The van der Waals surface area contributed by atoms with Gasteiger partial charge in [0.2, 0.25) is 5.91 Å². The van der Waals surface area contributed by atoms with Crippen molar-refractivity contribution in [3.05, 3.63) is 30.3 Å². The van der Waals surface area contributed by atoms with Crippen LogP contribution < -0.4 is 15.5 Å². The van der Waals surface area contributed by atoms with Crippen LogP contribution in [0.5, 0.6) is 0 Å². The van der Waals surface area contributed by atoms with Crippen molar-refractivity contribution in [1.82, 2.24) is 15.5 Å². The van der Waals surface area contributed by atoms with Gasteiger partial charge in [-0.15, -0.1) is 0 Å². The topological polar surface area (TPSA) is 47.6 Å². The van der Waals surface area contributed by atoms with Crippen LogP contribution in [0.25, 0.3) is 0 Å². The third-order valence-electron chi connectivity index (χ3n) is 4.59. The van der Waals surface area contributed by atoms with E-state index >= 15 is 0 Å². The molecule has 2 unspecified atom stereocenters. The van der Waals surface area contributed by atoms with Gasteiger partial charge in [-0.2, -0.15) is 0 Å². The zero-order valence-electron chi connectivity index (χ0n) is 14.6. The van der Waals surface area contributed by atoms with Gasteiger partial charge in [0.1, 0.15) is 0 Å². The zero-order chi connectivity index (χ0) is 16.7. The summed E-state index contributed by atoms with van der Waals surface area (Å²) in [4.78, 5) is 16.9. The summed E-state index contributed by atoms with van der Waals surface area (Å²) in [7, 11) is 1.87. The molecular weight excluding hydrogens is 288 g/mol. The van der Waals surface area contributed by atoms with Gasteiger partial charge >= 0.3 is 0 Å². The van der Waals surface area contributed by atoms with Crippen LogP contribution in [-0.4, -0.2) is 63.2 Å². The molecule has 128 valence electrons. The summed E-state index contributed by atoms with van der Waals surface area (Å²) in [6, 6.07) is 10.9. The van der Waals surface area contributed by atoms with Gasteiger partial charge in [-0.25, -0.2) is 0 Å². The van der Waals surface area contributed by atoms with Gasteiger partial charge in [-0.1, -0.05) is 25.1 Å². The SMILES string of the molecule is CNCC(C)C(=O)NCC(C)N1CCN(c2ccccc2)CC1. The molecule has 0 spiro atoms. The molecule has 0 aromatic heterocycles. The van der Waals surface area contributed by atoms with E-state index in [1.54, 1.807) is 0 Å². The number of piperazine rings is 1. The number of nitrogens with zero attached hydrogens (tertiary/aromatic N) is 2. The first-order chi connectivity index (χ1) is 11.1. The van der Waals surface area contributed by atoms with Crippen LogP contribution in [0.4, 0.5) is 5.69 Å². The van der Waals surface area contributed by atoms with Gasteiger partial charge in [-0.05, 0) is 26.1 Å². The molecule has 0 radical (unpaired) electrons. The van der Waals surface area contributed by atoms with E-state index in [9.17, 15) is 4.79 Å². The Morgan fingerprint density at radius 3 is 2.35 bits per heavy atom. The number of carbonyl (C=O) groups is 1. The van der Waals surface area contributed by atoms with Crippen molar-refractivity contribution in [1.29, 1.82) is 0 Å².